The second kappa shape index (κ2) is 9.11. The van der Waals surface area contributed by atoms with Crippen molar-refractivity contribution < 1.29 is 9.53 Å². The predicted molar refractivity (Wildman–Crippen MR) is 138 cm³/mol. The fourth-order valence-electron chi connectivity index (χ4n) is 4.14. The normalized spacial score (nSPS) is 20.3. The number of aliphatic imine (C=N–C) groups is 1. The van der Waals surface area contributed by atoms with Crippen molar-refractivity contribution in [1.29, 1.82) is 0 Å². The van der Waals surface area contributed by atoms with Crippen LogP contribution in [0.1, 0.15) is 38.8 Å². The first kappa shape index (κ1) is 23.2. The summed E-state index contributed by atoms with van der Waals surface area (Å²) >= 11 is 0. The van der Waals surface area contributed by atoms with E-state index in [9.17, 15) is 4.79 Å². The zero-order valence-corrected chi connectivity index (χ0v) is 20.8. The first-order valence-corrected chi connectivity index (χ1v) is 12.5. The Hall–Kier alpha value is -2.97. The molecule has 5 heteroatoms. The molecule has 0 fully saturated rings. The molecule has 4 rings (SSSR count). The number of benzene rings is 3. The molecule has 0 amide bonds. The van der Waals surface area contributed by atoms with Crippen LogP contribution < -0.4 is 10.6 Å². The lowest BCUT2D eigenvalue weighted by molar-refractivity contribution is -0.158. The lowest BCUT2D eigenvalue weighted by Gasteiger charge is -2.43. The Bertz CT molecular complexity index is 1080. The van der Waals surface area contributed by atoms with Crippen LogP contribution in [-0.2, 0) is 15.1 Å². The lowest BCUT2D eigenvalue weighted by Crippen LogP contribution is -2.50. The van der Waals surface area contributed by atoms with Gasteiger partial charge in [0.05, 0.1) is 14.4 Å². The van der Waals surface area contributed by atoms with Crippen molar-refractivity contribution >= 4 is 31.0 Å². The fraction of sp³-hybridized carbons (Fsp3) is 0.286. The molecule has 4 nitrogen and oxygen atoms in total. The summed E-state index contributed by atoms with van der Waals surface area (Å²) in [5.74, 6) is -0.305. The first-order chi connectivity index (χ1) is 15.7. The van der Waals surface area contributed by atoms with Gasteiger partial charge in [-0.1, -0.05) is 90.5 Å². The molecule has 1 aliphatic rings. The summed E-state index contributed by atoms with van der Waals surface area (Å²) in [6.07, 6.45) is 1.86. The number of carbonyl (C=O) groups excluding carboxylic acids is 1. The van der Waals surface area contributed by atoms with Crippen molar-refractivity contribution in [3.05, 3.63) is 96.1 Å². The molecule has 0 aromatic heterocycles. The van der Waals surface area contributed by atoms with Gasteiger partial charge in [-0.2, -0.15) is 0 Å². The van der Waals surface area contributed by atoms with E-state index in [1.54, 1.807) is 0 Å². The molecular weight excluding hydrogens is 427 g/mol. The first-order valence-electron chi connectivity index (χ1n) is 11.2. The van der Waals surface area contributed by atoms with E-state index in [0.29, 0.717) is 0 Å². The van der Waals surface area contributed by atoms with E-state index in [4.69, 9.17) is 9.73 Å². The van der Waals surface area contributed by atoms with Crippen LogP contribution in [0.4, 0.5) is 0 Å². The van der Waals surface area contributed by atoms with E-state index in [1.807, 2.05) is 39.2 Å². The molecule has 2 atom stereocenters. The lowest BCUT2D eigenvalue weighted by atomic mass is 9.85. The molecule has 0 N–H and O–H groups in total. The number of hydrogen-bond donors (Lipinski definition) is 0. The Morgan fingerprint density at radius 1 is 0.909 bits per heavy atom. The van der Waals surface area contributed by atoms with E-state index in [1.165, 1.54) is 16.2 Å². The van der Waals surface area contributed by atoms with Crippen LogP contribution in [0.25, 0.3) is 0 Å². The number of hydrogen-bond acceptors (Lipinski definition) is 4. The highest BCUT2D eigenvalue weighted by molar-refractivity contribution is 7.71. The number of nitrogens with zero attached hydrogens (tertiary/aromatic N) is 2. The quantitative estimate of drug-likeness (QED) is 0.384. The van der Waals surface area contributed by atoms with E-state index in [2.05, 4.69) is 91.3 Å². The van der Waals surface area contributed by atoms with E-state index in [0.717, 1.165) is 5.56 Å². The van der Waals surface area contributed by atoms with Gasteiger partial charge in [0.25, 0.3) is 0 Å². The Kier molecular flexibility index (Phi) is 6.41. The van der Waals surface area contributed by atoms with Crippen LogP contribution in [0.3, 0.4) is 0 Å². The van der Waals surface area contributed by atoms with E-state index >= 15 is 0 Å². The Morgan fingerprint density at radius 3 is 1.91 bits per heavy atom. The molecule has 33 heavy (non-hydrogen) atoms. The molecule has 3 aromatic carbocycles. The minimum absolute atomic E-state index is 0.305. The van der Waals surface area contributed by atoms with Crippen LogP contribution in [0.15, 0.2) is 89.9 Å². The van der Waals surface area contributed by atoms with Gasteiger partial charge in [-0.3, -0.25) is 4.99 Å². The summed E-state index contributed by atoms with van der Waals surface area (Å²) in [6, 6.07) is 28.7. The number of carbonyl (C=O) groups is 1. The van der Waals surface area contributed by atoms with Crippen LogP contribution >= 0.6 is 8.07 Å². The Balaban J connectivity index is 1.87. The molecule has 0 radical (unpaired) electrons. The van der Waals surface area contributed by atoms with Gasteiger partial charge in [0.2, 0.25) is 0 Å². The fourth-order valence-corrected chi connectivity index (χ4v) is 6.65. The maximum absolute atomic E-state index is 13.4. The standard InChI is InChI=1S/C28H31N2O2P/c1-21-16-18-22(19-17-21)28(5)25(26(31)32-27(2,3)4)29-20-30(28)33(23-12-8-6-9-13-23)24-14-10-7-11-15-24/h6-20,25H,1-5H3/t25-,28-/m0/s1. The van der Waals surface area contributed by atoms with Crippen molar-refractivity contribution in [3.63, 3.8) is 0 Å². The van der Waals surface area contributed by atoms with Gasteiger partial charge >= 0.3 is 5.97 Å². The summed E-state index contributed by atoms with van der Waals surface area (Å²) in [5.41, 5.74) is 0.932. The van der Waals surface area contributed by atoms with Crippen molar-refractivity contribution in [1.82, 2.24) is 4.67 Å². The molecule has 1 aliphatic heterocycles. The summed E-state index contributed by atoms with van der Waals surface area (Å²) in [7, 11) is -0.979. The SMILES string of the molecule is Cc1ccc([C@@]2(C)[C@H](C(=O)OC(C)(C)C)N=CN2P(c2ccccc2)c2ccccc2)cc1. The summed E-state index contributed by atoms with van der Waals surface area (Å²) in [5, 5.41) is 2.40. The van der Waals surface area contributed by atoms with Crippen LogP contribution in [0, 0.1) is 6.92 Å². The predicted octanol–water partition coefficient (Wildman–Crippen LogP) is 5.31. The largest absolute Gasteiger partial charge is 0.458 e. The molecule has 0 aliphatic carbocycles. The van der Waals surface area contributed by atoms with E-state index in [-0.39, 0.29) is 5.97 Å². The number of ether oxygens (including phenoxy) is 1. The topological polar surface area (TPSA) is 41.9 Å². The molecule has 0 bridgehead atoms. The molecule has 0 unspecified atom stereocenters. The number of rotatable bonds is 5. The van der Waals surface area contributed by atoms with Crippen LogP contribution in [0.2, 0.25) is 0 Å². The highest BCUT2D eigenvalue weighted by atomic mass is 31.1. The van der Waals surface area contributed by atoms with Gasteiger partial charge in [-0.05, 0) is 40.2 Å². The number of aryl methyl sites for hydroxylation is 1. The molecule has 0 spiro atoms. The van der Waals surface area contributed by atoms with Gasteiger partial charge in [-0.25, -0.2) is 4.79 Å². The zero-order chi connectivity index (χ0) is 23.6. The Morgan fingerprint density at radius 2 is 1.42 bits per heavy atom. The van der Waals surface area contributed by atoms with Crippen molar-refractivity contribution in [2.45, 2.75) is 51.8 Å². The minimum Gasteiger partial charge on any atom is -0.458 e. The van der Waals surface area contributed by atoms with Gasteiger partial charge in [0, 0.05) is 10.6 Å². The molecule has 1 heterocycles. The zero-order valence-electron chi connectivity index (χ0n) is 19.9. The third-order valence-corrected chi connectivity index (χ3v) is 8.34. The van der Waals surface area contributed by atoms with Crippen LogP contribution in [0.5, 0.6) is 0 Å². The van der Waals surface area contributed by atoms with Crippen LogP contribution in [-0.4, -0.2) is 28.6 Å². The van der Waals surface area contributed by atoms with Gasteiger partial charge in [-0.15, -0.1) is 0 Å². The highest BCUT2D eigenvalue weighted by Gasteiger charge is 2.52. The monoisotopic (exact) mass is 458 g/mol. The van der Waals surface area contributed by atoms with Gasteiger partial charge in [0.15, 0.2) is 6.04 Å². The molecule has 0 saturated heterocycles. The summed E-state index contributed by atoms with van der Waals surface area (Å²) in [4.78, 5) is 18.2. The maximum atomic E-state index is 13.4. The second-order valence-corrected chi connectivity index (χ2v) is 11.6. The average Bonchev–Trinajstić information content (AvgIpc) is 3.13. The van der Waals surface area contributed by atoms with Gasteiger partial charge in [0.1, 0.15) is 11.1 Å². The second-order valence-electron chi connectivity index (χ2n) is 9.54. The Labute approximate surface area is 198 Å². The summed E-state index contributed by atoms with van der Waals surface area (Å²) < 4.78 is 8.11. The highest BCUT2D eigenvalue weighted by Crippen LogP contribution is 2.51. The van der Waals surface area contributed by atoms with E-state index < -0.39 is 25.3 Å². The third kappa shape index (κ3) is 4.72. The molecule has 3 aromatic rings. The number of esters is 1. The summed E-state index contributed by atoms with van der Waals surface area (Å²) in [6.45, 7) is 9.86. The minimum atomic E-state index is -0.979. The van der Waals surface area contributed by atoms with Gasteiger partial charge < -0.3 is 9.41 Å². The maximum Gasteiger partial charge on any atom is 0.334 e. The molecular formula is C28H31N2O2P. The molecule has 170 valence electrons. The van der Waals surface area contributed by atoms with Crippen molar-refractivity contribution in [2.24, 2.45) is 4.99 Å². The smallest absolute Gasteiger partial charge is 0.334 e. The average molecular weight is 459 g/mol. The van der Waals surface area contributed by atoms with Crippen molar-refractivity contribution in [3.8, 4) is 0 Å². The molecule has 0 saturated carbocycles. The van der Waals surface area contributed by atoms with Crippen molar-refractivity contribution in [2.75, 3.05) is 0 Å². The third-order valence-electron chi connectivity index (χ3n) is 5.82.